The van der Waals surface area contributed by atoms with Crippen LogP contribution in [0.3, 0.4) is 0 Å². The minimum absolute atomic E-state index is 0.137. The maximum Gasteiger partial charge on any atom is 0.272 e. The SMILES string of the molecule is CS(=O)(=O)N1CCCCC1c1nnc2n1CCN(C(=O)c1ccccn1)C2. The van der Waals surface area contributed by atoms with E-state index in [1.165, 1.54) is 10.6 Å². The molecule has 0 saturated carbocycles. The van der Waals surface area contributed by atoms with Crippen molar-refractivity contribution < 1.29 is 13.2 Å². The first-order valence-electron chi connectivity index (χ1n) is 9.04. The van der Waals surface area contributed by atoms with Crippen LogP contribution >= 0.6 is 0 Å². The van der Waals surface area contributed by atoms with E-state index in [-0.39, 0.29) is 11.9 Å². The third-order valence-electron chi connectivity index (χ3n) is 5.13. The lowest BCUT2D eigenvalue weighted by Gasteiger charge is -2.34. The lowest BCUT2D eigenvalue weighted by molar-refractivity contribution is 0.0698. The molecule has 4 rings (SSSR count). The molecule has 27 heavy (non-hydrogen) atoms. The predicted molar refractivity (Wildman–Crippen MR) is 97.1 cm³/mol. The predicted octanol–water partition coefficient (Wildman–Crippen LogP) is 0.816. The monoisotopic (exact) mass is 390 g/mol. The van der Waals surface area contributed by atoms with Gasteiger partial charge in [0.1, 0.15) is 5.69 Å². The fraction of sp³-hybridized carbons (Fsp3) is 0.529. The molecule has 2 aromatic rings. The lowest BCUT2D eigenvalue weighted by atomic mass is 10.0. The van der Waals surface area contributed by atoms with Crippen LogP contribution in [0.15, 0.2) is 24.4 Å². The summed E-state index contributed by atoms with van der Waals surface area (Å²) in [5.41, 5.74) is 0.404. The maximum atomic E-state index is 12.6. The molecule has 1 saturated heterocycles. The van der Waals surface area contributed by atoms with Gasteiger partial charge in [-0.25, -0.2) is 8.42 Å². The topological polar surface area (TPSA) is 101 Å². The molecule has 1 atom stereocenters. The van der Waals surface area contributed by atoms with Gasteiger partial charge in [-0.15, -0.1) is 10.2 Å². The Morgan fingerprint density at radius 1 is 1.15 bits per heavy atom. The van der Waals surface area contributed by atoms with Crippen molar-refractivity contribution >= 4 is 15.9 Å². The molecule has 144 valence electrons. The van der Waals surface area contributed by atoms with E-state index in [1.54, 1.807) is 29.3 Å². The Morgan fingerprint density at radius 3 is 2.74 bits per heavy atom. The molecule has 0 aliphatic carbocycles. The van der Waals surface area contributed by atoms with Crippen LogP contribution in [0, 0.1) is 0 Å². The second kappa shape index (κ2) is 7.01. The third kappa shape index (κ3) is 3.46. The van der Waals surface area contributed by atoms with Gasteiger partial charge in [0.2, 0.25) is 10.0 Å². The summed E-state index contributed by atoms with van der Waals surface area (Å²) in [7, 11) is -3.31. The molecule has 1 fully saturated rings. The van der Waals surface area contributed by atoms with Crippen LogP contribution in [-0.4, -0.2) is 62.6 Å². The lowest BCUT2D eigenvalue weighted by Crippen LogP contribution is -2.42. The van der Waals surface area contributed by atoms with E-state index >= 15 is 0 Å². The van der Waals surface area contributed by atoms with Crippen molar-refractivity contribution in [3.05, 3.63) is 41.7 Å². The molecule has 9 nitrogen and oxygen atoms in total. The zero-order valence-electron chi connectivity index (χ0n) is 15.2. The summed E-state index contributed by atoms with van der Waals surface area (Å²) in [6.07, 6.45) is 5.40. The summed E-state index contributed by atoms with van der Waals surface area (Å²) in [5, 5.41) is 8.56. The first-order valence-corrected chi connectivity index (χ1v) is 10.9. The van der Waals surface area contributed by atoms with Crippen LogP contribution in [0.2, 0.25) is 0 Å². The summed E-state index contributed by atoms with van der Waals surface area (Å²) in [5.74, 6) is 1.22. The Labute approximate surface area is 158 Å². The fourth-order valence-electron chi connectivity index (χ4n) is 3.81. The van der Waals surface area contributed by atoms with Crippen LogP contribution in [0.1, 0.15) is 47.4 Å². The van der Waals surface area contributed by atoms with E-state index in [0.29, 0.717) is 43.5 Å². The van der Waals surface area contributed by atoms with Gasteiger partial charge in [0, 0.05) is 25.8 Å². The molecule has 0 bridgehead atoms. The van der Waals surface area contributed by atoms with Gasteiger partial charge in [-0.1, -0.05) is 12.5 Å². The molecular formula is C17H22N6O3S. The van der Waals surface area contributed by atoms with Gasteiger partial charge >= 0.3 is 0 Å². The molecule has 0 aromatic carbocycles. The number of carbonyl (C=O) groups is 1. The number of carbonyl (C=O) groups excluding carboxylic acids is 1. The second-order valence-electron chi connectivity index (χ2n) is 6.95. The molecule has 2 aromatic heterocycles. The first-order chi connectivity index (χ1) is 12.9. The highest BCUT2D eigenvalue weighted by Crippen LogP contribution is 2.32. The number of pyridine rings is 1. The van der Waals surface area contributed by atoms with Gasteiger partial charge in [0.05, 0.1) is 18.8 Å². The highest BCUT2D eigenvalue weighted by Gasteiger charge is 2.36. The number of amides is 1. The summed E-state index contributed by atoms with van der Waals surface area (Å²) >= 11 is 0. The number of aromatic nitrogens is 4. The van der Waals surface area contributed by atoms with Gasteiger partial charge in [-0.2, -0.15) is 4.31 Å². The Hall–Kier alpha value is -2.33. The third-order valence-corrected chi connectivity index (χ3v) is 6.42. The summed E-state index contributed by atoms with van der Waals surface area (Å²) in [6.45, 7) is 1.91. The highest BCUT2D eigenvalue weighted by atomic mass is 32.2. The number of hydrogen-bond donors (Lipinski definition) is 0. The van der Waals surface area contributed by atoms with E-state index in [1.807, 2.05) is 4.57 Å². The summed E-state index contributed by atoms with van der Waals surface area (Å²) in [4.78, 5) is 18.4. The zero-order valence-corrected chi connectivity index (χ0v) is 16.0. The molecule has 0 N–H and O–H groups in total. The maximum absolute atomic E-state index is 12.6. The quantitative estimate of drug-likeness (QED) is 0.769. The van der Waals surface area contributed by atoms with Crippen molar-refractivity contribution in [3.8, 4) is 0 Å². The zero-order chi connectivity index (χ0) is 19.0. The summed E-state index contributed by atoms with van der Waals surface area (Å²) < 4.78 is 27.8. The molecule has 0 radical (unpaired) electrons. The molecule has 0 spiro atoms. The molecule has 4 heterocycles. The van der Waals surface area contributed by atoms with Crippen LogP contribution in [0.5, 0.6) is 0 Å². The van der Waals surface area contributed by atoms with Crippen molar-refractivity contribution in [1.82, 2.24) is 29.0 Å². The molecular weight excluding hydrogens is 368 g/mol. The molecule has 1 amide bonds. The minimum Gasteiger partial charge on any atom is -0.328 e. The van der Waals surface area contributed by atoms with E-state index in [2.05, 4.69) is 15.2 Å². The van der Waals surface area contributed by atoms with Crippen LogP contribution in [0.4, 0.5) is 0 Å². The molecule has 10 heteroatoms. The molecule has 2 aliphatic rings. The van der Waals surface area contributed by atoms with E-state index in [9.17, 15) is 13.2 Å². The standard InChI is InChI=1S/C17H22N6O3S/c1-27(25,26)23-9-5-3-7-14(23)16-20-19-15-12-21(10-11-22(15)16)17(24)13-6-2-4-8-18-13/h2,4,6,8,14H,3,5,7,9-12H2,1H3. The van der Waals surface area contributed by atoms with Gasteiger partial charge in [0.15, 0.2) is 11.6 Å². The minimum atomic E-state index is -3.31. The number of piperidine rings is 1. The fourth-order valence-corrected chi connectivity index (χ4v) is 4.93. The average molecular weight is 390 g/mol. The number of fused-ring (bicyclic) bond motifs is 1. The normalized spacial score (nSPS) is 21.1. The Kier molecular flexibility index (Phi) is 4.68. The van der Waals surface area contributed by atoms with Crippen LogP contribution < -0.4 is 0 Å². The first kappa shape index (κ1) is 18.1. The van der Waals surface area contributed by atoms with Gasteiger partial charge in [0.25, 0.3) is 5.91 Å². The molecule has 1 unspecified atom stereocenters. The second-order valence-corrected chi connectivity index (χ2v) is 8.89. The van der Waals surface area contributed by atoms with E-state index in [4.69, 9.17) is 0 Å². The molecule has 2 aliphatic heterocycles. The van der Waals surface area contributed by atoms with E-state index < -0.39 is 10.0 Å². The Bertz CT molecular complexity index is 943. The highest BCUT2D eigenvalue weighted by molar-refractivity contribution is 7.88. The van der Waals surface area contributed by atoms with E-state index in [0.717, 1.165) is 19.3 Å². The number of nitrogens with zero attached hydrogens (tertiary/aromatic N) is 6. The van der Waals surface area contributed by atoms with Crippen LogP contribution in [0.25, 0.3) is 0 Å². The van der Waals surface area contributed by atoms with Gasteiger partial charge < -0.3 is 9.47 Å². The average Bonchev–Trinajstić information content (AvgIpc) is 3.10. The largest absolute Gasteiger partial charge is 0.328 e. The van der Waals surface area contributed by atoms with Crippen molar-refractivity contribution in [2.75, 3.05) is 19.3 Å². The number of hydrogen-bond acceptors (Lipinski definition) is 6. The Balaban J connectivity index is 1.58. The van der Waals surface area contributed by atoms with Gasteiger partial charge in [-0.05, 0) is 25.0 Å². The summed E-state index contributed by atoms with van der Waals surface area (Å²) in [6, 6.07) is 4.97. The van der Waals surface area contributed by atoms with Crippen molar-refractivity contribution in [2.45, 2.75) is 38.4 Å². The van der Waals surface area contributed by atoms with Crippen molar-refractivity contribution in [3.63, 3.8) is 0 Å². The smallest absolute Gasteiger partial charge is 0.272 e. The van der Waals surface area contributed by atoms with Crippen molar-refractivity contribution in [2.24, 2.45) is 0 Å². The number of rotatable bonds is 3. The van der Waals surface area contributed by atoms with Gasteiger partial charge in [-0.3, -0.25) is 9.78 Å². The Morgan fingerprint density at radius 2 is 2.00 bits per heavy atom. The van der Waals surface area contributed by atoms with Crippen LogP contribution in [-0.2, 0) is 23.1 Å². The number of sulfonamides is 1. The van der Waals surface area contributed by atoms with Crippen molar-refractivity contribution in [1.29, 1.82) is 0 Å².